The van der Waals surface area contributed by atoms with E-state index in [9.17, 15) is 0 Å². The Bertz CT molecular complexity index is 594. The number of hydrogen-bond acceptors (Lipinski definition) is 5. The number of anilines is 1. The van der Waals surface area contributed by atoms with Crippen LogP contribution in [-0.4, -0.2) is 27.9 Å². The molecule has 0 amide bonds. The molecule has 1 aromatic carbocycles. The van der Waals surface area contributed by atoms with Gasteiger partial charge >= 0.3 is 0 Å². The smallest absolute Gasteiger partial charge is 0.269 e. The number of aromatic nitrogens is 3. The van der Waals surface area contributed by atoms with E-state index in [-0.39, 0.29) is 0 Å². The van der Waals surface area contributed by atoms with Gasteiger partial charge in [0.15, 0.2) is 0 Å². The number of unbranched alkanes of at least 4 members (excludes halogenated alkanes) is 2. The number of aryl methyl sites for hydroxylation is 1. The second-order valence-electron chi connectivity index (χ2n) is 5.65. The van der Waals surface area contributed by atoms with Gasteiger partial charge in [0.25, 0.3) is 5.95 Å². The number of nitrogens with zero attached hydrogens (tertiary/aromatic N) is 6. The molecule has 2 aromatic rings. The van der Waals surface area contributed by atoms with Crippen LogP contribution in [0.3, 0.4) is 0 Å². The van der Waals surface area contributed by atoms with Crippen LogP contribution in [0.25, 0.3) is 0 Å². The number of azo groups is 1. The van der Waals surface area contributed by atoms with E-state index in [0.717, 1.165) is 18.8 Å². The molecule has 2 rings (SSSR count). The Balaban J connectivity index is 2.04. The molecule has 0 radical (unpaired) electrons. The lowest BCUT2D eigenvalue weighted by atomic mass is 10.2. The highest BCUT2D eigenvalue weighted by molar-refractivity contribution is 5.52. The maximum Gasteiger partial charge on any atom is 0.269 e. The summed E-state index contributed by atoms with van der Waals surface area (Å²) in [6.07, 6.45) is 6.48. The molecule has 0 saturated carbocycles. The van der Waals surface area contributed by atoms with Gasteiger partial charge in [-0.15, -0.1) is 20.4 Å². The molecule has 0 unspecified atom stereocenters. The van der Waals surface area contributed by atoms with Crippen LogP contribution in [0.2, 0.25) is 0 Å². The first-order chi connectivity index (χ1) is 11.2. The highest BCUT2D eigenvalue weighted by atomic mass is 15.3. The molecule has 0 aliphatic heterocycles. The highest BCUT2D eigenvalue weighted by Gasteiger charge is 2.05. The van der Waals surface area contributed by atoms with Crippen LogP contribution < -0.4 is 4.90 Å². The summed E-state index contributed by atoms with van der Waals surface area (Å²) in [4.78, 5) is 2.45. The Morgan fingerprint density at radius 3 is 2.17 bits per heavy atom. The third kappa shape index (κ3) is 5.16. The van der Waals surface area contributed by atoms with Gasteiger partial charge in [0.1, 0.15) is 6.33 Å². The van der Waals surface area contributed by atoms with Gasteiger partial charge in [-0.3, -0.25) is 0 Å². The van der Waals surface area contributed by atoms with Crippen LogP contribution in [0, 0.1) is 0 Å². The molecule has 23 heavy (non-hydrogen) atoms. The Kier molecular flexibility index (Phi) is 6.72. The minimum Gasteiger partial charge on any atom is -0.372 e. The zero-order valence-electron chi connectivity index (χ0n) is 14.3. The molecule has 0 saturated heterocycles. The predicted octanol–water partition coefficient (Wildman–Crippen LogP) is 4.64. The maximum atomic E-state index is 4.22. The molecule has 6 heteroatoms. The second-order valence-corrected chi connectivity index (χ2v) is 5.65. The summed E-state index contributed by atoms with van der Waals surface area (Å²) in [5, 5.41) is 16.0. The van der Waals surface area contributed by atoms with Crippen molar-refractivity contribution in [3.05, 3.63) is 30.6 Å². The Morgan fingerprint density at radius 1 is 1.00 bits per heavy atom. The van der Waals surface area contributed by atoms with Crippen molar-refractivity contribution in [3.8, 4) is 0 Å². The lowest BCUT2D eigenvalue weighted by Gasteiger charge is -2.24. The third-order valence-corrected chi connectivity index (χ3v) is 3.72. The van der Waals surface area contributed by atoms with Crippen molar-refractivity contribution in [3.63, 3.8) is 0 Å². The van der Waals surface area contributed by atoms with Crippen molar-refractivity contribution >= 4 is 17.3 Å². The highest BCUT2D eigenvalue weighted by Crippen LogP contribution is 2.22. The van der Waals surface area contributed by atoms with Crippen LogP contribution >= 0.6 is 0 Å². The molecular weight excluding hydrogens is 288 g/mol. The summed E-state index contributed by atoms with van der Waals surface area (Å²) >= 11 is 0. The Labute approximate surface area is 138 Å². The first-order valence-electron chi connectivity index (χ1n) is 8.35. The Morgan fingerprint density at radius 2 is 1.65 bits per heavy atom. The fourth-order valence-corrected chi connectivity index (χ4v) is 2.27. The average Bonchev–Trinajstić information content (AvgIpc) is 2.99. The fourth-order valence-electron chi connectivity index (χ4n) is 2.27. The van der Waals surface area contributed by atoms with E-state index in [1.165, 1.54) is 31.4 Å². The number of benzene rings is 1. The SMILES string of the molecule is CCCCN(CCCC)c1ccc(N=Nc2nncn2C)cc1. The summed E-state index contributed by atoms with van der Waals surface area (Å²) in [6.45, 7) is 6.68. The lowest BCUT2D eigenvalue weighted by molar-refractivity contribution is 0.678. The largest absolute Gasteiger partial charge is 0.372 e. The third-order valence-electron chi connectivity index (χ3n) is 3.72. The second kappa shape index (κ2) is 9.02. The molecule has 0 bridgehead atoms. The predicted molar refractivity (Wildman–Crippen MR) is 93.7 cm³/mol. The van der Waals surface area contributed by atoms with Gasteiger partial charge < -0.3 is 9.47 Å². The van der Waals surface area contributed by atoms with Crippen LogP contribution in [0.4, 0.5) is 17.3 Å². The minimum atomic E-state index is 0.501. The van der Waals surface area contributed by atoms with Gasteiger partial charge in [0.05, 0.1) is 5.69 Å². The number of rotatable bonds is 9. The van der Waals surface area contributed by atoms with Crippen molar-refractivity contribution in [2.75, 3.05) is 18.0 Å². The molecular formula is C17H26N6. The summed E-state index contributed by atoms with van der Waals surface area (Å²) in [5.74, 6) is 0.501. The molecule has 0 spiro atoms. The van der Waals surface area contributed by atoms with Gasteiger partial charge in [-0.1, -0.05) is 26.7 Å². The molecule has 1 heterocycles. The van der Waals surface area contributed by atoms with Crippen LogP contribution in [0.1, 0.15) is 39.5 Å². The normalized spacial score (nSPS) is 11.3. The van der Waals surface area contributed by atoms with Crippen LogP contribution in [0.15, 0.2) is 40.8 Å². The van der Waals surface area contributed by atoms with E-state index in [1.54, 1.807) is 10.9 Å². The van der Waals surface area contributed by atoms with Crippen LogP contribution in [0.5, 0.6) is 0 Å². The van der Waals surface area contributed by atoms with E-state index in [1.807, 2.05) is 19.2 Å². The molecule has 0 N–H and O–H groups in total. The zero-order chi connectivity index (χ0) is 16.5. The first kappa shape index (κ1) is 17.1. The summed E-state index contributed by atoms with van der Waals surface area (Å²) in [7, 11) is 1.84. The van der Waals surface area contributed by atoms with Gasteiger partial charge in [-0.25, -0.2) is 0 Å². The van der Waals surface area contributed by atoms with Crippen molar-refractivity contribution in [2.45, 2.75) is 39.5 Å². The molecule has 0 aliphatic carbocycles. The summed E-state index contributed by atoms with van der Waals surface area (Å²) in [5.41, 5.74) is 2.08. The molecule has 0 atom stereocenters. The van der Waals surface area contributed by atoms with E-state index in [0.29, 0.717) is 5.95 Å². The molecule has 0 fully saturated rings. The van der Waals surface area contributed by atoms with Gasteiger partial charge in [0.2, 0.25) is 0 Å². The van der Waals surface area contributed by atoms with Gasteiger partial charge in [0, 0.05) is 25.8 Å². The van der Waals surface area contributed by atoms with Crippen molar-refractivity contribution < 1.29 is 0 Å². The summed E-state index contributed by atoms with van der Waals surface area (Å²) in [6, 6.07) is 8.24. The average molecular weight is 314 g/mol. The number of hydrogen-bond donors (Lipinski definition) is 0. The molecule has 1 aromatic heterocycles. The first-order valence-corrected chi connectivity index (χ1v) is 8.35. The quantitative estimate of drug-likeness (QED) is 0.634. The van der Waals surface area contributed by atoms with Crippen LogP contribution in [-0.2, 0) is 7.05 Å². The standard InChI is InChI=1S/C17H26N6/c1-4-6-12-23(13-7-5-2)16-10-8-15(9-11-16)19-21-17-20-18-14-22(17)3/h8-11,14H,4-7,12-13H2,1-3H3. The van der Waals surface area contributed by atoms with Gasteiger partial charge in [-0.2, -0.15) is 0 Å². The topological polar surface area (TPSA) is 58.7 Å². The molecule has 6 nitrogen and oxygen atoms in total. The van der Waals surface area contributed by atoms with Gasteiger partial charge in [-0.05, 0) is 37.1 Å². The van der Waals surface area contributed by atoms with Crippen molar-refractivity contribution in [2.24, 2.45) is 17.3 Å². The lowest BCUT2D eigenvalue weighted by Crippen LogP contribution is -2.25. The zero-order valence-corrected chi connectivity index (χ0v) is 14.3. The van der Waals surface area contributed by atoms with Crippen molar-refractivity contribution in [1.29, 1.82) is 0 Å². The maximum absolute atomic E-state index is 4.22. The van der Waals surface area contributed by atoms with E-state index >= 15 is 0 Å². The van der Waals surface area contributed by atoms with E-state index < -0.39 is 0 Å². The monoisotopic (exact) mass is 314 g/mol. The Hall–Kier alpha value is -2.24. The fraction of sp³-hybridized carbons (Fsp3) is 0.529. The minimum absolute atomic E-state index is 0.501. The van der Waals surface area contributed by atoms with Crippen molar-refractivity contribution in [1.82, 2.24) is 14.8 Å². The molecule has 0 aliphatic rings. The summed E-state index contributed by atoms with van der Waals surface area (Å²) < 4.78 is 1.73. The molecule has 124 valence electrons. The van der Waals surface area contributed by atoms with E-state index in [2.05, 4.69) is 51.3 Å². The van der Waals surface area contributed by atoms with E-state index in [4.69, 9.17) is 0 Å².